The van der Waals surface area contributed by atoms with Gasteiger partial charge in [-0.25, -0.2) is 12.7 Å². The third-order valence-electron chi connectivity index (χ3n) is 4.36. The second kappa shape index (κ2) is 8.67. The van der Waals surface area contributed by atoms with Gasteiger partial charge in [-0.15, -0.1) is 0 Å². The van der Waals surface area contributed by atoms with Crippen LogP contribution in [0.1, 0.15) is 38.7 Å². The monoisotopic (exact) mass is 368 g/mol. The second-order valence-electron chi connectivity index (χ2n) is 6.57. The highest BCUT2D eigenvalue weighted by Crippen LogP contribution is 2.16. The van der Waals surface area contributed by atoms with Crippen LogP contribution >= 0.6 is 0 Å². The standard InChI is InChI=1S/C18H28N2O4S/c1-4-13-25(22,23)20-11-9-16(10-12-20)19-18(21)15(3)24-17-7-5-14(2)6-8-17/h5-8,15-16H,4,9-13H2,1-3H3,(H,19,21). The first-order valence-corrected chi connectivity index (χ1v) is 10.4. The van der Waals surface area contributed by atoms with Crippen molar-refractivity contribution < 1.29 is 17.9 Å². The molecule has 1 atom stereocenters. The highest BCUT2D eigenvalue weighted by Gasteiger charge is 2.29. The molecule has 1 N–H and O–H groups in total. The highest BCUT2D eigenvalue weighted by molar-refractivity contribution is 7.89. The number of carbonyl (C=O) groups is 1. The number of hydrogen-bond acceptors (Lipinski definition) is 4. The summed E-state index contributed by atoms with van der Waals surface area (Å²) in [6, 6.07) is 7.55. The predicted octanol–water partition coefficient (Wildman–Crippen LogP) is 2.08. The van der Waals surface area contributed by atoms with E-state index in [4.69, 9.17) is 4.74 Å². The van der Waals surface area contributed by atoms with Crippen LogP contribution in [0.5, 0.6) is 5.75 Å². The molecule has 1 aliphatic rings. The summed E-state index contributed by atoms with van der Waals surface area (Å²) >= 11 is 0. The summed E-state index contributed by atoms with van der Waals surface area (Å²) in [6.45, 7) is 6.49. The molecule has 0 bridgehead atoms. The minimum atomic E-state index is -3.15. The summed E-state index contributed by atoms with van der Waals surface area (Å²) in [7, 11) is -3.15. The molecule has 1 heterocycles. The summed E-state index contributed by atoms with van der Waals surface area (Å²) in [5.41, 5.74) is 1.13. The molecule has 1 saturated heterocycles. The van der Waals surface area contributed by atoms with Crippen molar-refractivity contribution in [1.29, 1.82) is 0 Å². The minimum Gasteiger partial charge on any atom is -0.481 e. The molecule has 0 radical (unpaired) electrons. The molecule has 1 aliphatic heterocycles. The zero-order chi connectivity index (χ0) is 18.4. The van der Waals surface area contributed by atoms with Crippen LogP contribution in [0.2, 0.25) is 0 Å². The number of rotatable bonds is 7. The molecule has 0 aromatic heterocycles. The second-order valence-corrected chi connectivity index (χ2v) is 8.66. The minimum absolute atomic E-state index is 0.00959. The number of amides is 1. The Hall–Kier alpha value is -1.60. The van der Waals surface area contributed by atoms with Crippen molar-refractivity contribution in [3.05, 3.63) is 29.8 Å². The molecule has 1 amide bonds. The molecule has 1 aromatic rings. The molecule has 140 valence electrons. The van der Waals surface area contributed by atoms with Crippen LogP contribution in [-0.2, 0) is 14.8 Å². The number of ether oxygens (including phenoxy) is 1. The largest absolute Gasteiger partial charge is 0.481 e. The van der Waals surface area contributed by atoms with E-state index in [1.165, 1.54) is 4.31 Å². The first-order chi connectivity index (χ1) is 11.8. The van der Waals surface area contributed by atoms with Crippen molar-refractivity contribution in [1.82, 2.24) is 9.62 Å². The van der Waals surface area contributed by atoms with E-state index >= 15 is 0 Å². The summed E-state index contributed by atoms with van der Waals surface area (Å²) in [4.78, 5) is 12.3. The molecule has 0 spiro atoms. The Morgan fingerprint density at radius 1 is 1.28 bits per heavy atom. The van der Waals surface area contributed by atoms with E-state index in [1.807, 2.05) is 38.1 Å². The number of sulfonamides is 1. The molecule has 1 aromatic carbocycles. The van der Waals surface area contributed by atoms with Gasteiger partial charge >= 0.3 is 0 Å². The predicted molar refractivity (Wildman–Crippen MR) is 98.1 cm³/mol. The van der Waals surface area contributed by atoms with E-state index in [-0.39, 0.29) is 17.7 Å². The lowest BCUT2D eigenvalue weighted by atomic mass is 10.1. The average molecular weight is 368 g/mol. The summed E-state index contributed by atoms with van der Waals surface area (Å²) < 4.78 is 31.3. The fourth-order valence-corrected chi connectivity index (χ4v) is 4.40. The van der Waals surface area contributed by atoms with Gasteiger partial charge in [-0.05, 0) is 45.2 Å². The molecule has 0 aliphatic carbocycles. The van der Waals surface area contributed by atoms with Gasteiger partial charge in [0.2, 0.25) is 10.0 Å². The van der Waals surface area contributed by atoms with Crippen LogP contribution in [-0.4, -0.2) is 49.6 Å². The van der Waals surface area contributed by atoms with Crippen molar-refractivity contribution in [2.75, 3.05) is 18.8 Å². The van der Waals surface area contributed by atoms with Crippen molar-refractivity contribution in [3.63, 3.8) is 0 Å². The fourth-order valence-electron chi connectivity index (χ4n) is 2.86. The van der Waals surface area contributed by atoms with Crippen LogP contribution in [0, 0.1) is 6.92 Å². The van der Waals surface area contributed by atoms with E-state index in [0.717, 1.165) is 5.56 Å². The van der Waals surface area contributed by atoms with E-state index in [1.54, 1.807) is 6.92 Å². The third kappa shape index (κ3) is 5.71. The van der Waals surface area contributed by atoms with Crippen molar-refractivity contribution in [2.45, 2.75) is 52.2 Å². The van der Waals surface area contributed by atoms with Gasteiger partial charge in [0.25, 0.3) is 5.91 Å². The topological polar surface area (TPSA) is 75.7 Å². The van der Waals surface area contributed by atoms with Gasteiger partial charge in [0.05, 0.1) is 5.75 Å². The van der Waals surface area contributed by atoms with Gasteiger partial charge in [-0.3, -0.25) is 4.79 Å². The fraction of sp³-hybridized carbons (Fsp3) is 0.611. The van der Waals surface area contributed by atoms with Gasteiger partial charge < -0.3 is 10.1 Å². The number of benzene rings is 1. The number of aryl methyl sites for hydroxylation is 1. The molecular weight excluding hydrogens is 340 g/mol. The van der Waals surface area contributed by atoms with Gasteiger partial charge in [-0.1, -0.05) is 24.6 Å². The maximum atomic E-state index is 12.3. The lowest BCUT2D eigenvalue weighted by molar-refractivity contribution is -0.128. The SMILES string of the molecule is CCCS(=O)(=O)N1CCC(NC(=O)C(C)Oc2ccc(C)cc2)CC1. The average Bonchev–Trinajstić information content (AvgIpc) is 2.57. The van der Waals surface area contributed by atoms with Crippen LogP contribution in [0.15, 0.2) is 24.3 Å². The quantitative estimate of drug-likeness (QED) is 0.799. The zero-order valence-corrected chi connectivity index (χ0v) is 16.0. The number of carbonyl (C=O) groups excluding carboxylic acids is 1. The zero-order valence-electron chi connectivity index (χ0n) is 15.2. The third-order valence-corrected chi connectivity index (χ3v) is 6.43. The van der Waals surface area contributed by atoms with E-state index in [0.29, 0.717) is 38.1 Å². The lowest BCUT2D eigenvalue weighted by Gasteiger charge is -2.32. The van der Waals surface area contributed by atoms with E-state index in [9.17, 15) is 13.2 Å². The number of nitrogens with one attached hydrogen (secondary N) is 1. The Kier molecular flexibility index (Phi) is 6.84. The molecular formula is C18H28N2O4S. The Balaban J connectivity index is 1.80. The van der Waals surface area contributed by atoms with Gasteiger partial charge in [-0.2, -0.15) is 0 Å². The molecule has 25 heavy (non-hydrogen) atoms. The molecule has 1 unspecified atom stereocenters. The van der Waals surface area contributed by atoms with Gasteiger partial charge in [0.15, 0.2) is 6.10 Å². The molecule has 2 rings (SSSR count). The Bertz CT molecular complexity index is 665. The Morgan fingerprint density at radius 2 is 1.88 bits per heavy atom. The smallest absolute Gasteiger partial charge is 0.260 e. The first kappa shape index (κ1) is 19.7. The maximum Gasteiger partial charge on any atom is 0.260 e. The van der Waals surface area contributed by atoms with Crippen molar-refractivity contribution in [2.24, 2.45) is 0 Å². The summed E-state index contributed by atoms with van der Waals surface area (Å²) in [6.07, 6.45) is 1.29. The first-order valence-electron chi connectivity index (χ1n) is 8.83. The maximum absolute atomic E-state index is 12.3. The number of hydrogen-bond donors (Lipinski definition) is 1. The molecule has 0 saturated carbocycles. The molecule has 6 nitrogen and oxygen atoms in total. The van der Waals surface area contributed by atoms with Gasteiger partial charge in [0.1, 0.15) is 5.75 Å². The summed E-state index contributed by atoms with van der Waals surface area (Å²) in [5, 5.41) is 2.97. The molecule has 1 fully saturated rings. The lowest BCUT2D eigenvalue weighted by Crippen LogP contribution is -2.49. The Morgan fingerprint density at radius 3 is 2.44 bits per heavy atom. The van der Waals surface area contributed by atoms with E-state index < -0.39 is 16.1 Å². The van der Waals surface area contributed by atoms with Crippen molar-refractivity contribution >= 4 is 15.9 Å². The molecule has 7 heteroatoms. The number of nitrogens with zero attached hydrogens (tertiary/aromatic N) is 1. The van der Waals surface area contributed by atoms with E-state index in [2.05, 4.69) is 5.32 Å². The van der Waals surface area contributed by atoms with Crippen LogP contribution < -0.4 is 10.1 Å². The van der Waals surface area contributed by atoms with Crippen molar-refractivity contribution in [3.8, 4) is 5.75 Å². The van der Waals surface area contributed by atoms with Crippen LogP contribution in [0.4, 0.5) is 0 Å². The summed E-state index contributed by atoms with van der Waals surface area (Å²) in [5.74, 6) is 0.676. The number of piperidine rings is 1. The van der Waals surface area contributed by atoms with Gasteiger partial charge in [0, 0.05) is 19.1 Å². The Labute approximate surface area is 150 Å². The normalized spacial score (nSPS) is 17.9. The highest BCUT2D eigenvalue weighted by atomic mass is 32.2. The van der Waals surface area contributed by atoms with Crippen LogP contribution in [0.25, 0.3) is 0 Å². The van der Waals surface area contributed by atoms with Crippen LogP contribution in [0.3, 0.4) is 0 Å².